The van der Waals surface area contributed by atoms with Crippen molar-refractivity contribution in [3.05, 3.63) is 29.8 Å². The zero-order chi connectivity index (χ0) is 11.3. The van der Waals surface area contributed by atoms with E-state index in [1.165, 1.54) is 0 Å². The molecule has 1 amide bonds. The van der Waals surface area contributed by atoms with Crippen LogP contribution in [0.2, 0.25) is 0 Å². The molecule has 2 N–H and O–H groups in total. The first kappa shape index (κ1) is 11.5. The van der Waals surface area contributed by atoms with Gasteiger partial charge >= 0.3 is 6.09 Å². The molecule has 0 spiro atoms. The maximum absolute atomic E-state index is 11.2. The van der Waals surface area contributed by atoms with Gasteiger partial charge in [-0.15, -0.1) is 0 Å². The van der Waals surface area contributed by atoms with Crippen molar-refractivity contribution in [2.75, 3.05) is 11.9 Å². The summed E-state index contributed by atoms with van der Waals surface area (Å²) in [5.74, 6) is 0. The molecule has 4 nitrogen and oxygen atoms in total. The van der Waals surface area contributed by atoms with E-state index in [1.54, 1.807) is 38.1 Å². The average Bonchev–Trinajstić information content (AvgIpc) is 2.18. The second-order valence-electron chi connectivity index (χ2n) is 3.11. The van der Waals surface area contributed by atoms with Gasteiger partial charge in [-0.3, -0.25) is 5.32 Å². The molecule has 1 atom stereocenters. The fraction of sp³-hybridized carbons (Fsp3) is 0.364. The van der Waals surface area contributed by atoms with Crippen LogP contribution < -0.4 is 5.32 Å². The normalized spacial score (nSPS) is 11.9. The molecule has 0 saturated heterocycles. The number of benzene rings is 1. The molecule has 1 unspecified atom stereocenters. The Balaban J connectivity index is 2.80. The highest BCUT2D eigenvalue weighted by Gasteiger charge is 2.09. The predicted molar refractivity (Wildman–Crippen MR) is 57.7 cm³/mol. The second-order valence-corrected chi connectivity index (χ2v) is 3.11. The Morgan fingerprint density at radius 1 is 1.53 bits per heavy atom. The van der Waals surface area contributed by atoms with Gasteiger partial charge in [0.2, 0.25) is 0 Å². The molecule has 0 aliphatic carbocycles. The zero-order valence-electron chi connectivity index (χ0n) is 8.86. The Morgan fingerprint density at radius 2 is 2.20 bits per heavy atom. The van der Waals surface area contributed by atoms with Gasteiger partial charge in [-0.25, -0.2) is 4.79 Å². The summed E-state index contributed by atoms with van der Waals surface area (Å²) in [6, 6.07) is 7.07. The number of ether oxygens (including phenoxy) is 1. The molecule has 1 aromatic rings. The molecular weight excluding hydrogens is 194 g/mol. The van der Waals surface area contributed by atoms with Gasteiger partial charge in [-0.1, -0.05) is 18.2 Å². The minimum absolute atomic E-state index is 0.322. The number of anilines is 1. The number of aliphatic hydroxyl groups is 1. The summed E-state index contributed by atoms with van der Waals surface area (Å²) in [6.45, 7) is 3.70. The fourth-order valence-corrected chi connectivity index (χ4v) is 1.25. The minimum atomic E-state index is -0.622. The number of nitrogens with one attached hydrogen (secondary N) is 1. The van der Waals surface area contributed by atoms with E-state index in [1.807, 2.05) is 0 Å². The molecule has 4 heteroatoms. The molecule has 1 aromatic carbocycles. The largest absolute Gasteiger partial charge is 0.450 e. The highest BCUT2D eigenvalue weighted by atomic mass is 16.5. The highest BCUT2D eigenvalue weighted by molar-refractivity contribution is 5.85. The van der Waals surface area contributed by atoms with E-state index in [0.29, 0.717) is 17.9 Å². The van der Waals surface area contributed by atoms with Gasteiger partial charge in [0.05, 0.1) is 12.7 Å². The minimum Gasteiger partial charge on any atom is -0.450 e. The monoisotopic (exact) mass is 209 g/mol. The standard InChI is InChI=1S/C11H15NO3/c1-3-15-11(14)12-10-7-5-4-6-9(10)8(2)13/h4-8,13H,3H2,1-2H3,(H,12,14). The van der Waals surface area contributed by atoms with Crippen LogP contribution in [0.1, 0.15) is 25.5 Å². The van der Waals surface area contributed by atoms with Crippen molar-refractivity contribution >= 4 is 11.8 Å². The summed E-state index contributed by atoms with van der Waals surface area (Å²) in [4.78, 5) is 11.2. The number of para-hydroxylation sites is 1. The van der Waals surface area contributed by atoms with Gasteiger partial charge < -0.3 is 9.84 Å². The van der Waals surface area contributed by atoms with Gasteiger partial charge in [0.15, 0.2) is 0 Å². The lowest BCUT2D eigenvalue weighted by molar-refractivity contribution is 0.167. The predicted octanol–water partition coefficient (Wildman–Crippen LogP) is 2.31. The number of amides is 1. The first-order valence-electron chi connectivity index (χ1n) is 4.86. The van der Waals surface area contributed by atoms with Crippen LogP contribution in [0.5, 0.6) is 0 Å². The Kier molecular flexibility index (Phi) is 4.12. The third-order valence-corrected chi connectivity index (χ3v) is 1.92. The number of carbonyl (C=O) groups is 1. The van der Waals surface area contributed by atoms with E-state index in [-0.39, 0.29) is 0 Å². The topological polar surface area (TPSA) is 58.6 Å². The molecule has 82 valence electrons. The Hall–Kier alpha value is -1.55. The zero-order valence-corrected chi connectivity index (χ0v) is 8.86. The van der Waals surface area contributed by atoms with E-state index >= 15 is 0 Å². The molecule has 15 heavy (non-hydrogen) atoms. The maximum atomic E-state index is 11.2. The van der Waals surface area contributed by atoms with Crippen molar-refractivity contribution in [3.8, 4) is 0 Å². The molecule has 0 bridgehead atoms. The SMILES string of the molecule is CCOC(=O)Nc1ccccc1C(C)O. The lowest BCUT2D eigenvalue weighted by Crippen LogP contribution is -2.15. The van der Waals surface area contributed by atoms with Crippen LogP contribution in [0.3, 0.4) is 0 Å². The van der Waals surface area contributed by atoms with Crippen LogP contribution in [0.4, 0.5) is 10.5 Å². The number of rotatable bonds is 3. The van der Waals surface area contributed by atoms with E-state index in [9.17, 15) is 9.90 Å². The third-order valence-electron chi connectivity index (χ3n) is 1.92. The molecular formula is C11H15NO3. The van der Waals surface area contributed by atoms with E-state index in [2.05, 4.69) is 5.32 Å². The summed E-state index contributed by atoms with van der Waals surface area (Å²) in [7, 11) is 0. The molecule has 0 aromatic heterocycles. The van der Waals surface area contributed by atoms with Crippen LogP contribution in [0.25, 0.3) is 0 Å². The smallest absolute Gasteiger partial charge is 0.411 e. The molecule has 0 aliphatic heterocycles. The first-order valence-corrected chi connectivity index (χ1v) is 4.86. The van der Waals surface area contributed by atoms with E-state index in [4.69, 9.17) is 4.74 Å². The number of carbonyl (C=O) groups excluding carboxylic acids is 1. The van der Waals surface area contributed by atoms with Crippen molar-refractivity contribution in [3.63, 3.8) is 0 Å². The van der Waals surface area contributed by atoms with E-state index in [0.717, 1.165) is 0 Å². The van der Waals surface area contributed by atoms with Crippen LogP contribution >= 0.6 is 0 Å². The van der Waals surface area contributed by atoms with Gasteiger partial charge in [-0.2, -0.15) is 0 Å². The second kappa shape index (κ2) is 5.36. The highest BCUT2D eigenvalue weighted by Crippen LogP contribution is 2.22. The quantitative estimate of drug-likeness (QED) is 0.803. The Bertz CT molecular complexity index is 336. The summed E-state index contributed by atoms with van der Waals surface area (Å²) in [5, 5.41) is 12.0. The molecule has 0 aliphatic rings. The summed E-state index contributed by atoms with van der Waals surface area (Å²) in [6.07, 6.45) is -1.13. The lowest BCUT2D eigenvalue weighted by Gasteiger charge is -2.12. The molecule has 0 fully saturated rings. The Labute approximate surface area is 88.9 Å². The van der Waals surface area contributed by atoms with E-state index < -0.39 is 12.2 Å². The summed E-state index contributed by atoms with van der Waals surface area (Å²) in [5.41, 5.74) is 1.25. The first-order chi connectivity index (χ1) is 7.15. The lowest BCUT2D eigenvalue weighted by atomic mass is 10.1. The van der Waals surface area contributed by atoms with Crippen molar-refractivity contribution in [1.82, 2.24) is 0 Å². The van der Waals surface area contributed by atoms with Crippen molar-refractivity contribution in [1.29, 1.82) is 0 Å². The summed E-state index contributed by atoms with van der Waals surface area (Å²) < 4.78 is 4.75. The van der Waals surface area contributed by atoms with Crippen LogP contribution in [0, 0.1) is 0 Å². The molecule has 1 rings (SSSR count). The van der Waals surface area contributed by atoms with Crippen molar-refractivity contribution in [2.45, 2.75) is 20.0 Å². The van der Waals surface area contributed by atoms with Crippen molar-refractivity contribution in [2.24, 2.45) is 0 Å². The third kappa shape index (κ3) is 3.25. The van der Waals surface area contributed by atoms with Crippen LogP contribution in [-0.2, 0) is 4.74 Å². The molecule has 0 heterocycles. The average molecular weight is 209 g/mol. The maximum Gasteiger partial charge on any atom is 0.411 e. The number of aliphatic hydroxyl groups excluding tert-OH is 1. The number of hydrogen-bond donors (Lipinski definition) is 2. The van der Waals surface area contributed by atoms with Gasteiger partial charge in [0, 0.05) is 11.3 Å². The van der Waals surface area contributed by atoms with Gasteiger partial charge in [0.25, 0.3) is 0 Å². The van der Waals surface area contributed by atoms with Crippen molar-refractivity contribution < 1.29 is 14.6 Å². The van der Waals surface area contributed by atoms with Gasteiger partial charge in [0.1, 0.15) is 0 Å². The fourth-order valence-electron chi connectivity index (χ4n) is 1.25. The Morgan fingerprint density at radius 3 is 2.80 bits per heavy atom. The summed E-state index contributed by atoms with van der Waals surface area (Å²) >= 11 is 0. The van der Waals surface area contributed by atoms with Crippen LogP contribution in [-0.4, -0.2) is 17.8 Å². The number of hydrogen-bond acceptors (Lipinski definition) is 3. The van der Waals surface area contributed by atoms with Gasteiger partial charge in [-0.05, 0) is 19.9 Å². The van der Waals surface area contributed by atoms with Crippen LogP contribution in [0.15, 0.2) is 24.3 Å². The molecule has 0 radical (unpaired) electrons. The molecule has 0 saturated carbocycles.